The molecule has 0 radical (unpaired) electrons. The first-order valence-electron chi connectivity index (χ1n) is 6.38. The van der Waals surface area contributed by atoms with E-state index in [0.29, 0.717) is 11.6 Å². The maximum atomic E-state index is 11.7. The number of halogens is 1. The molecule has 1 aromatic heterocycles. The molecule has 0 saturated carbocycles. The van der Waals surface area contributed by atoms with E-state index in [0.717, 1.165) is 35.6 Å². The number of thioether (sulfide) groups is 1. The minimum absolute atomic E-state index is 0.0169. The number of amides is 1. The highest BCUT2D eigenvalue weighted by molar-refractivity contribution is 9.10. The Morgan fingerprint density at radius 2 is 2.16 bits per heavy atom. The number of rotatable bonds is 8. The molecule has 0 atom stereocenters. The number of nitrogens with one attached hydrogen (secondary N) is 2. The highest BCUT2D eigenvalue weighted by Crippen LogP contribution is 2.22. The van der Waals surface area contributed by atoms with E-state index in [1.165, 1.54) is 0 Å². The molecule has 0 bridgehead atoms. The number of carbonyl (C=O) groups excluding carboxylic acids is 1. The first-order valence-corrected chi connectivity index (χ1v) is 8.33. The second-order valence-corrected chi connectivity index (χ2v) is 6.04. The number of aromatic nitrogens is 2. The van der Waals surface area contributed by atoms with Crippen LogP contribution in [0.25, 0.3) is 0 Å². The maximum absolute atomic E-state index is 11.7. The number of aromatic amines is 1. The standard InChI is InChI=1S/C12H21BrN4OS/c1-4-17(5-2)6-7-19-8-10(18)14-12-11(13)9(3)15-16-12/h4-8H2,1-3H3,(H2,14,15,16,18). The average molecular weight is 349 g/mol. The smallest absolute Gasteiger partial charge is 0.235 e. The molecule has 1 aromatic rings. The molecule has 0 fully saturated rings. The summed E-state index contributed by atoms with van der Waals surface area (Å²) in [6.07, 6.45) is 0. The number of hydrogen-bond donors (Lipinski definition) is 2. The van der Waals surface area contributed by atoms with Gasteiger partial charge in [0.25, 0.3) is 0 Å². The van der Waals surface area contributed by atoms with Crippen LogP contribution in [-0.2, 0) is 4.79 Å². The number of hydrogen-bond acceptors (Lipinski definition) is 4. The summed E-state index contributed by atoms with van der Waals surface area (Å²) in [5.41, 5.74) is 0.907. The zero-order valence-electron chi connectivity index (χ0n) is 11.6. The van der Waals surface area contributed by atoms with E-state index in [9.17, 15) is 4.79 Å². The summed E-state index contributed by atoms with van der Waals surface area (Å²) >= 11 is 5.02. The summed E-state index contributed by atoms with van der Waals surface area (Å²) in [6, 6.07) is 0. The number of nitrogens with zero attached hydrogens (tertiary/aromatic N) is 2. The van der Waals surface area contributed by atoms with E-state index >= 15 is 0 Å². The number of H-pyrrole nitrogens is 1. The van der Waals surface area contributed by atoms with Gasteiger partial charge in [-0.15, -0.1) is 0 Å². The number of carbonyl (C=O) groups is 1. The lowest BCUT2D eigenvalue weighted by atomic mass is 10.4. The Kier molecular flexibility index (Phi) is 7.48. The van der Waals surface area contributed by atoms with Gasteiger partial charge < -0.3 is 10.2 Å². The minimum Gasteiger partial charge on any atom is -0.308 e. The SMILES string of the molecule is CCN(CC)CCSCC(=O)Nc1n[nH]c(C)c1Br. The molecule has 0 aliphatic rings. The third-order valence-electron chi connectivity index (χ3n) is 2.81. The fourth-order valence-electron chi connectivity index (χ4n) is 1.56. The van der Waals surface area contributed by atoms with Gasteiger partial charge in [-0.25, -0.2) is 0 Å². The molecule has 0 unspecified atom stereocenters. The zero-order valence-corrected chi connectivity index (χ0v) is 14.0. The molecule has 7 heteroatoms. The molecule has 0 saturated heterocycles. The Balaban J connectivity index is 2.23. The summed E-state index contributed by atoms with van der Waals surface area (Å²) in [5.74, 6) is 1.97. The highest BCUT2D eigenvalue weighted by Gasteiger charge is 2.10. The van der Waals surface area contributed by atoms with E-state index in [4.69, 9.17) is 0 Å². The summed E-state index contributed by atoms with van der Waals surface area (Å²) in [4.78, 5) is 14.1. The Morgan fingerprint density at radius 1 is 1.47 bits per heavy atom. The van der Waals surface area contributed by atoms with Gasteiger partial charge in [0.05, 0.1) is 10.2 Å². The topological polar surface area (TPSA) is 61.0 Å². The van der Waals surface area contributed by atoms with Crippen molar-refractivity contribution < 1.29 is 4.79 Å². The summed E-state index contributed by atoms with van der Waals surface area (Å²) < 4.78 is 0.814. The van der Waals surface area contributed by atoms with Crippen molar-refractivity contribution in [1.82, 2.24) is 15.1 Å². The van der Waals surface area contributed by atoms with E-state index in [1.807, 2.05) is 6.92 Å². The lowest BCUT2D eigenvalue weighted by molar-refractivity contribution is -0.113. The molecule has 0 aromatic carbocycles. The van der Waals surface area contributed by atoms with E-state index in [2.05, 4.69) is 50.2 Å². The quantitative estimate of drug-likeness (QED) is 0.708. The van der Waals surface area contributed by atoms with Crippen molar-refractivity contribution >= 4 is 39.4 Å². The second kappa shape index (κ2) is 8.60. The second-order valence-electron chi connectivity index (χ2n) is 4.14. The fourth-order valence-corrected chi connectivity index (χ4v) is 2.63. The highest BCUT2D eigenvalue weighted by atomic mass is 79.9. The minimum atomic E-state index is -0.0169. The fraction of sp³-hybridized carbons (Fsp3) is 0.667. The van der Waals surface area contributed by atoms with Crippen LogP contribution >= 0.6 is 27.7 Å². The van der Waals surface area contributed by atoms with Gasteiger partial charge in [0.15, 0.2) is 5.82 Å². The van der Waals surface area contributed by atoms with Gasteiger partial charge in [-0.05, 0) is 35.9 Å². The first-order chi connectivity index (χ1) is 9.08. The zero-order chi connectivity index (χ0) is 14.3. The normalized spacial score (nSPS) is 11.0. The van der Waals surface area contributed by atoms with E-state index < -0.39 is 0 Å². The van der Waals surface area contributed by atoms with Crippen molar-refractivity contribution in [2.75, 3.05) is 36.5 Å². The summed E-state index contributed by atoms with van der Waals surface area (Å²) in [6.45, 7) is 9.34. The molecular formula is C12H21BrN4OS. The van der Waals surface area contributed by atoms with Crippen molar-refractivity contribution in [2.45, 2.75) is 20.8 Å². The Labute approximate surface area is 127 Å². The van der Waals surface area contributed by atoms with Gasteiger partial charge >= 0.3 is 0 Å². The van der Waals surface area contributed by atoms with Gasteiger partial charge in [-0.1, -0.05) is 13.8 Å². The van der Waals surface area contributed by atoms with Crippen molar-refractivity contribution in [3.05, 3.63) is 10.2 Å². The molecule has 0 spiro atoms. The van der Waals surface area contributed by atoms with Crippen LogP contribution in [0.5, 0.6) is 0 Å². The Morgan fingerprint density at radius 3 is 2.68 bits per heavy atom. The van der Waals surface area contributed by atoms with Crippen molar-refractivity contribution in [3.63, 3.8) is 0 Å². The third-order valence-corrected chi connectivity index (χ3v) is 4.72. The number of aryl methyl sites for hydroxylation is 1. The van der Waals surface area contributed by atoms with Gasteiger partial charge in [0.1, 0.15) is 0 Å². The van der Waals surface area contributed by atoms with Crippen LogP contribution in [0.15, 0.2) is 4.47 Å². The molecule has 0 aliphatic heterocycles. The van der Waals surface area contributed by atoms with Crippen LogP contribution in [0.3, 0.4) is 0 Å². The third kappa shape index (κ3) is 5.54. The lowest BCUT2D eigenvalue weighted by Gasteiger charge is -2.17. The maximum Gasteiger partial charge on any atom is 0.235 e. The molecule has 1 amide bonds. The van der Waals surface area contributed by atoms with Crippen LogP contribution in [-0.4, -0.2) is 52.1 Å². The molecule has 1 heterocycles. The van der Waals surface area contributed by atoms with Crippen LogP contribution < -0.4 is 5.32 Å². The molecule has 5 nitrogen and oxygen atoms in total. The van der Waals surface area contributed by atoms with Crippen molar-refractivity contribution in [3.8, 4) is 0 Å². The van der Waals surface area contributed by atoms with Gasteiger partial charge in [0.2, 0.25) is 5.91 Å². The Hall–Kier alpha value is -0.530. The molecule has 0 aliphatic carbocycles. The van der Waals surface area contributed by atoms with Crippen LogP contribution in [0.4, 0.5) is 5.82 Å². The molecule has 1 rings (SSSR count). The number of anilines is 1. The van der Waals surface area contributed by atoms with Gasteiger partial charge in [0, 0.05) is 18.0 Å². The monoisotopic (exact) mass is 348 g/mol. The summed E-state index contributed by atoms with van der Waals surface area (Å²) in [7, 11) is 0. The first kappa shape index (κ1) is 16.5. The van der Waals surface area contributed by atoms with Crippen molar-refractivity contribution in [2.24, 2.45) is 0 Å². The average Bonchev–Trinajstić information content (AvgIpc) is 2.71. The molecule has 19 heavy (non-hydrogen) atoms. The lowest BCUT2D eigenvalue weighted by Crippen LogP contribution is -2.26. The van der Waals surface area contributed by atoms with E-state index in [1.54, 1.807) is 11.8 Å². The van der Waals surface area contributed by atoms with E-state index in [-0.39, 0.29) is 5.91 Å². The van der Waals surface area contributed by atoms with Crippen LogP contribution in [0.1, 0.15) is 19.5 Å². The van der Waals surface area contributed by atoms with Gasteiger partial charge in [-0.3, -0.25) is 9.89 Å². The van der Waals surface area contributed by atoms with Crippen molar-refractivity contribution in [1.29, 1.82) is 0 Å². The molecule has 108 valence electrons. The molecule has 2 N–H and O–H groups in total. The predicted molar refractivity (Wildman–Crippen MR) is 84.8 cm³/mol. The predicted octanol–water partition coefficient (Wildman–Crippen LogP) is 2.49. The van der Waals surface area contributed by atoms with Gasteiger partial charge in [-0.2, -0.15) is 16.9 Å². The molecular weight excluding hydrogens is 328 g/mol. The summed E-state index contributed by atoms with van der Waals surface area (Å²) in [5, 5.41) is 9.62. The largest absolute Gasteiger partial charge is 0.308 e. The Bertz CT molecular complexity index is 406. The van der Waals surface area contributed by atoms with Crippen LogP contribution in [0.2, 0.25) is 0 Å². The van der Waals surface area contributed by atoms with Crippen LogP contribution in [0, 0.1) is 6.92 Å².